The Bertz CT molecular complexity index is 928. The van der Waals surface area contributed by atoms with E-state index in [1.807, 2.05) is 24.3 Å². The summed E-state index contributed by atoms with van der Waals surface area (Å²) in [4.78, 5) is 13.6. The SMILES string of the molecule is CCc1ccc(NC(=O)CSc2nnc(-c3csc(C(C)C)c3)n2CC)cc1. The van der Waals surface area contributed by atoms with Gasteiger partial charge in [-0.2, -0.15) is 0 Å². The maximum Gasteiger partial charge on any atom is 0.234 e. The van der Waals surface area contributed by atoms with Crippen LogP contribution >= 0.6 is 23.1 Å². The van der Waals surface area contributed by atoms with E-state index in [0.29, 0.717) is 11.7 Å². The predicted octanol–water partition coefficient (Wildman–Crippen LogP) is 5.44. The van der Waals surface area contributed by atoms with Gasteiger partial charge >= 0.3 is 0 Å². The molecule has 7 heteroatoms. The van der Waals surface area contributed by atoms with Crippen molar-refractivity contribution in [2.75, 3.05) is 11.1 Å². The molecule has 0 aliphatic carbocycles. The van der Waals surface area contributed by atoms with E-state index in [-0.39, 0.29) is 5.91 Å². The zero-order valence-electron chi connectivity index (χ0n) is 16.7. The number of nitrogens with one attached hydrogen (secondary N) is 1. The lowest BCUT2D eigenvalue weighted by molar-refractivity contribution is -0.113. The summed E-state index contributed by atoms with van der Waals surface area (Å²) >= 11 is 3.17. The molecule has 0 atom stereocenters. The van der Waals surface area contributed by atoms with Crippen molar-refractivity contribution < 1.29 is 4.79 Å². The minimum atomic E-state index is -0.0425. The van der Waals surface area contributed by atoms with Crippen molar-refractivity contribution in [1.82, 2.24) is 14.8 Å². The van der Waals surface area contributed by atoms with Crippen LogP contribution < -0.4 is 5.32 Å². The first-order chi connectivity index (χ1) is 13.5. The summed E-state index contributed by atoms with van der Waals surface area (Å²) in [5, 5.41) is 14.5. The van der Waals surface area contributed by atoms with Crippen LogP contribution in [0.15, 0.2) is 40.9 Å². The van der Waals surface area contributed by atoms with Crippen molar-refractivity contribution in [3.63, 3.8) is 0 Å². The molecule has 1 aromatic carbocycles. The second kappa shape index (κ2) is 9.39. The van der Waals surface area contributed by atoms with Crippen LogP contribution in [-0.2, 0) is 17.8 Å². The van der Waals surface area contributed by atoms with Crippen LogP contribution in [0, 0.1) is 0 Å². The van der Waals surface area contributed by atoms with E-state index >= 15 is 0 Å². The molecule has 5 nitrogen and oxygen atoms in total. The number of thiophene rings is 1. The van der Waals surface area contributed by atoms with Gasteiger partial charge in [-0.3, -0.25) is 4.79 Å². The normalized spacial score (nSPS) is 11.2. The highest BCUT2D eigenvalue weighted by Crippen LogP contribution is 2.31. The topological polar surface area (TPSA) is 59.8 Å². The Morgan fingerprint density at radius 3 is 2.57 bits per heavy atom. The quantitative estimate of drug-likeness (QED) is 0.498. The van der Waals surface area contributed by atoms with E-state index in [0.717, 1.165) is 35.2 Å². The van der Waals surface area contributed by atoms with Gasteiger partial charge in [0.05, 0.1) is 5.75 Å². The van der Waals surface area contributed by atoms with Gasteiger partial charge in [-0.15, -0.1) is 21.5 Å². The molecule has 0 aliphatic heterocycles. The van der Waals surface area contributed by atoms with E-state index in [4.69, 9.17) is 0 Å². The first-order valence-electron chi connectivity index (χ1n) is 9.55. The minimum Gasteiger partial charge on any atom is -0.325 e. The Hall–Kier alpha value is -2.12. The molecule has 0 aliphatic rings. The van der Waals surface area contributed by atoms with Crippen LogP contribution in [0.25, 0.3) is 11.4 Å². The van der Waals surface area contributed by atoms with Gasteiger partial charge in [0.1, 0.15) is 0 Å². The minimum absolute atomic E-state index is 0.0425. The number of hydrogen-bond acceptors (Lipinski definition) is 5. The summed E-state index contributed by atoms with van der Waals surface area (Å²) in [6.45, 7) is 9.33. The van der Waals surface area contributed by atoms with Gasteiger partial charge < -0.3 is 9.88 Å². The summed E-state index contributed by atoms with van der Waals surface area (Å²) in [5.41, 5.74) is 3.17. The number of carbonyl (C=O) groups is 1. The van der Waals surface area contributed by atoms with Crippen molar-refractivity contribution in [1.29, 1.82) is 0 Å². The molecule has 1 N–H and O–H groups in total. The monoisotopic (exact) mass is 414 g/mol. The lowest BCUT2D eigenvalue weighted by Crippen LogP contribution is -2.14. The molecule has 3 aromatic rings. The Morgan fingerprint density at radius 1 is 1.21 bits per heavy atom. The highest BCUT2D eigenvalue weighted by Gasteiger charge is 2.16. The van der Waals surface area contributed by atoms with Crippen LogP contribution in [0.4, 0.5) is 5.69 Å². The highest BCUT2D eigenvalue weighted by atomic mass is 32.2. The number of carbonyl (C=O) groups excluding carboxylic acids is 1. The number of nitrogens with zero attached hydrogens (tertiary/aromatic N) is 3. The third kappa shape index (κ3) is 4.83. The number of aromatic nitrogens is 3. The van der Waals surface area contributed by atoms with Crippen LogP contribution in [0.1, 0.15) is 44.1 Å². The van der Waals surface area contributed by atoms with Gasteiger partial charge in [0.2, 0.25) is 5.91 Å². The number of benzene rings is 1. The number of hydrogen-bond donors (Lipinski definition) is 1. The second-order valence-electron chi connectivity index (χ2n) is 6.83. The second-order valence-corrected chi connectivity index (χ2v) is 8.72. The first kappa shape index (κ1) is 20.6. The average Bonchev–Trinajstić information content (AvgIpc) is 3.33. The van der Waals surface area contributed by atoms with Crippen molar-refractivity contribution >= 4 is 34.7 Å². The molecule has 1 amide bonds. The summed E-state index contributed by atoms with van der Waals surface area (Å²) < 4.78 is 2.07. The first-order valence-corrected chi connectivity index (χ1v) is 11.4. The van der Waals surface area contributed by atoms with Gasteiger partial charge in [0, 0.05) is 28.1 Å². The van der Waals surface area contributed by atoms with E-state index in [2.05, 4.69) is 59.2 Å². The standard InChI is InChI=1S/C21H26N4OS2/c1-5-15-7-9-17(10-8-15)22-19(26)13-28-21-24-23-20(25(21)6-2)16-11-18(14(3)4)27-12-16/h7-12,14H,5-6,13H2,1-4H3,(H,22,26). The number of amides is 1. The lowest BCUT2D eigenvalue weighted by atomic mass is 10.1. The molecule has 148 valence electrons. The molecular formula is C21H26N4OS2. The smallest absolute Gasteiger partial charge is 0.234 e. The summed E-state index contributed by atoms with van der Waals surface area (Å²) in [6, 6.07) is 10.1. The van der Waals surface area contributed by atoms with Crippen molar-refractivity contribution in [2.24, 2.45) is 0 Å². The van der Waals surface area contributed by atoms with Crippen LogP contribution in [-0.4, -0.2) is 26.4 Å². The van der Waals surface area contributed by atoms with E-state index in [1.165, 1.54) is 22.2 Å². The number of rotatable bonds is 8. The van der Waals surface area contributed by atoms with Crippen LogP contribution in [0.5, 0.6) is 0 Å². The highest BCUT2D eigenvalue weighted by molar-refractivity contribution is 7.99. The summed E-state index contributed by atoms with van der Waals surface area (Å²) in [6.07, 6.45) is 0.988. The van der Waals surface area contributed by atoms with Crippen molar-refractivity contribution in [3.8, 4) is 11.4 Å². The van der Waals surface area contributed by atoms with Gasteiger partial charge in [-0.1, -0.05) is 44.7 Å². The van der Waals surface area contributed by atoms with E-state index < -0.39 is 0 Å². The largest absolute Gasteiger partial charge is 0.325 e. The Balaban J connectivity index is 1.65. The molecular weight excluding hydrogens is 388 g/mol. The summed E-state index contributed by atoms with van der Waals surface area (Å²) in [7, 11) is 0. The maximum atomic E-state index is 12.3. The van der Waals surface area contributed by atoms with Crippen LogP contribution in [0.3, 0.4) is 0 Å². The van der Waals surface area contributed by atoms with Crippen molar-refractivity contribution in [2.45, 2.75) is 51.7 Å². The zero-order valence-corrected chi connectivity index (χ0v) is 18.4. The summed E-state index contributed by atoms with van der Waals surface area (Å²) in [5.74, 6) is 1.62. The molecule has 0 unspecified atom stereocenters. The van der Waals surface area contributed by atoms with Gasteiger partial charge in [-0.05, 0) is 43.0 Å². The Morgan fingerprint density at radius 2 is 1.96 bits per heavy atom. The van der Waals surface area contributed by atoms with E-state index in [9.17, 15) is 4.79 Å². The van der Waals surface area contributed by atoms with Gasteiger partial charge in [-0.25, -0.2) is 0 Å². The molecule has 0 saturated heterocycles. The van der Waals surface area contributed by atoms with Gasteiger partial charge in [0.25, 0.3) is 0 Å². The molecule has 0 fully saturated rings. The predicted molar refractivity (Wildman–Crippen MR) is 118 cm³/mol. The van der Waals surface area contributed by atoms with Crippen LogP contribution in [0.2, 0.25) is 0 Å². The molecule has 0 bridgehead atoms. The third-order valence-electron chi connectivity index (χ3n) is 4.46. The number of aryl methyl sites for hydroxylation is 1. The van der Waals surface area contributed by atoms with Gasteiger partial charge in [0.15, 0.2) is 11.0 Å². The fraction of sp³-hybridized carbons (Fsp3) is 0.381. The molecule has 28 heavy (non-hydrogen) atoms. The number of anilines is 1. The molecule has 3 rings (SSSR count). The molecule has 0 spiro atoms. The fourth-order valence-corrected chi connectivity index (χ4v) is 4.52. The molecule has 0 radical (unpaired) electrons. The fourth-order valence-electron chi connectivity index (χ4n) is 2.82. The van der Waals surface area contributed by atoms with E-state index in [1.54, 1.807) is 11.3 Å². The lowest BCUT2D eigenvalue weighted by Gasteiger charge is -2.07. The number of thioether (sulfide) groups is 1. The Labute approximate surface area is 174 Å². The maximum absolute atomic E-state index is 12.3. The molecule has 2 aromatic heterocycles. The van der Waals surface area contributed by atoms with Crippen molar-refractivity contribution in [3.05, 3.63) is 46.2 Å². The average molecular weight is 415 g/mol. The third-order valence-corrected chi connectivity index (χ3v) is 6.66. The molecule has 2 heterocycles. The zero-order chi connectivity index (χ0) is 20.1. The molecule has 0 saturated carbocycles. The Kier molecular flexibility index (Phi) is 6.91.